The van der Waals surface area contributed by atoms with Gasteiger partial charge in [0.2, 0.25) is 0 Å². The fraction of sp³-hybridized carbons (Fsp3) is 0.778. The molecule has 1 aromatic rings. The summed E-state index contributed by atoms with van der Waals surface area (Å²) in [6, 6.07) is 6.50. The SMILES string of the molecule is CCC[CH2][Sn]([CH2]CCC)([CH2]CCC)[c]1cc(B2OC(C)(C)C(C)(C)O2)ccc1CC(NC(=O)OC(C)(C)C)(C(=O)O)C(C)(C)C. The Bertz CT molecular complexity index is 1120. The van der Waals surface area contributed by atoms with Crippen LogP contribution in [0.25, 0.3) is 0 Å². The zero-order valence-electron chi connectivity index (χ0n) is 30.9. The number of benzene rings is 1. The van der Waals surface area contributed by atoms with Crippen molar-refractivity contribution in [3.8, 4) is 0 Å². The Kier molecular flexibility index (Phi) is 13.6. The molecule has 1 aliphatic heterocycles. The molecule has 0 spiro atoms. The number of carbonyl (C=O) groups excluding carboxylic acids is 1. The number of carboxylic acids is 1. The van der Waals surface area contributed by atoms with Crippen LogP contribution < -0.4 is 14.4 Å². The van der Waals surface area contributed by atoms with E-state index in [-0.39, 0.29) is 6.42 Å². The number of aliphatic carboxylic acids is 1. The standard InChI is InChI=1S/C24H37BNO6.3C4H9.Sn/c1-20(2,3)24(18(27)28,26-19(29)30-21(4,5)6)15-16-11-13-17(14-12-16)25-31-22(7,8)23(9,10)32-25;3*1-3-4-2;/h11,13-14H,15H2,1-10H3,(H,26,29)(H,27,28);3*1,3-4H2,2H3;. The molecule has 1 heterocycles. The molecule has 1 unspecified atom stereocenters. The summed E-state index contributed by atoms with van der Waals surface area (Å²) in [4.78, 5) is 26.6. The van der Waals surface area contributed by atoms with Crippen molar-refractivity contribution in [1.29, 1.82) is 0 Å². The van der Waals surface area contributed by atoms with Crippen LogP contribution in [0.5, 0.6) is 0 Å². The predicted molar refractivity (Wildman–Crippen MR) is 190 cm³/mol. The van der Waals surface area contributed by atoms with Gasteiger partial charge in [0.05, 0.1) is 0 Å². The summed E-state index contributed by atoms with van der Waals surface area (Å²) in [5.41, 5.74) is -2.07. The zero-order chi connectivity index (χ0) is 34.5. The maximum absolute atomic E-state index is 13.4. The van der Waals surface area contributed by atoms with Crippen molar-refractivity contribution in [2.75, 3.05) is 0 Å². The third kappa shape index (κ3) is 9.65. The molecular formula is C36H64BNO6Sn. The number of alkyl carbamates (subject to hydrolysis) is 1. The quantitative estimate of drug-likeness (QED) is 0.178. The van der Waals surface area contributed by atoms with E-state index in [1.165, 1.54) is 36.2 Å². The van der Waals surface area contributed by atoms with Gasteiger partial charge in [-0.2, -0.15) is 0 Å². The molecule has 0 aromatic heterocycles. The molecule has 1 amide bonds. The first-order chi connectivity index (χ1) is 20.6. The van der Waals surface area contributed by atoms with Gasteiger partial charge < -0.3 is 0 Å². The molecule has 0 aliphatic carbocycles. The third-order valence-corrected chi connectivity index (χ3v) is 25.9. The van der Waals surface area contributed by atoms with Gasteiger partial charge in [-0.3, -0.25) is 0 Å². The van der Waals surface area contributed by atoms with E-state index in [9.17, 15) is 14.7 Å². The van der Waals surface area contributed by atoms with Crippen LogP contribution in [-0.4, -0.2) is 65.0 Å². The van der Waals surface area contributed by atoms with Gasteiger partial charge in [0.15, 0.2) is 0 Å². The number of nitrogens with one attached hydrogen (secondary N) is 1. The van der Waals surface area contributed by atoms with Crippen LogP contribution in [0.1, 0.15) is 134 Å². The first kappa shape index (κ1) is 39.9. The first-order valence-corrected chi connectivity index (χ1v) is 24.8. The summed E-state index contributed by atoms with van der Waals surface area (Å²) in [6.45, 7) is 26.1. The van der Waals surface area contributed by atoms with Crippen molar-refractivity contribution in [1.82, 2.24) is 5.32 Å². The van der Waals surface area contributed by atoms with E-state index in [2.05, 4.69) is 72.0 Å². The summed E-state index contributed by atoms with van der Waals surface area (Å²) in [7, 11) is -0.498. The van der Waals surface area contributed by atoms with Gasteiger partial charge in [-0.25, -0.2) is 0 Å². The number of carboxylic acid groups (broad SMARTS) is 1. The van der Waals surface area contributed by atoms with Gasteiger partial charge in [-0.1, -0.05) is 0 Å². The monoisotopic (exact) mass is 737 g/mol. The van der Waals surface area contributed by atoms with Gasteiger partial charge in [-0.15, -0.1) is 0 Å². The Morgan fingerprint density at radius 1 is 0.867 bits per heavy atom. The third-order valence-electron chi connectivity index (χ3n) is 10.1. The number of hydrogen-bond donors (Lipinski definition) is 2. The van der Waals surface area contributed by atoms with E-state index in [1.54, 1.807) is 20.8 Å². The minimum atomic E-state index is -3.18. The first-order valence-electron chi connectivity index (χ1n) is 17.3. The van der Waals surface area contributed by atoms with Gasteiger partial charge in [0.1, 0.15) is 0 Å². The Morgan fingerprint density at radius 2 is 1.33 bits per heavy atom. The van der Waals surface area contributed by atoms with Crippen LogP contribution in [0.2, 0.25) is 13.3 Å². The maximum atomic E-state index is 13.4. The molecule has 1 atom stereocenters. The number of ether oxygens (including phenoxy) is 1. The molecule has 0 radical (unpaired) electrons. The van der Waals surface area contributed by atoms with Crippen LogP contribution in [0.3, 0.4) is 0 Å². The van der Waals surface area contributed by atoms with Crippen molar-refractivity contribution in [2.24, 2.45) is 5.41 Å². The summed E-state index contributed by atoms with van der Waals surface area (Å²) >= 11 is -3.18. The van der Waals surface area contributed by atoms with Crippen LogP contribution in [0.4, 0.5) is 4.79 Å². The average molecular weight is 736 g/mol. The molecule has 1 fully saturated rings. The molecule has 1 saturated heterocycles. The molecule has 256 valence electrons. The van der Waals surface area contributed by atoms with Crippen LogP contribution >= 0.6 is 0 Å². The normalized spacial score (nSPS) is 18.0. The van der Waals surface area contributed by atoms with Crippen molar-refractivity contribution in [3.63, 3.8) is 0 Å². The van der Waals surface area contributed by atoms with E-state index in [0.717, 1.165) is 30.3 Å². The molecule has 9 heteroatoms. The summed E-state index contributed by atoms with van der Waals surface area (Å²) in [6.07, 6.45) is 6.36. The Balaban J connectivity index is 2.88. The van der Waals surface area contributed by atoms with Crippen molar-refractivity contribution >= 4 is 46.6 Å². The second-order valence-electron chi connectivity index (χ2n) is 16.4. The molecule has 45 heavy (non-hydrogen) atoms. The second-order valence-corrected chi connectivity index (χ2v) is 29.5. The molecular weight excluding hydrogens is 672 g/mol. The number of carbonyl (C=O) groups is 2. The molecule has 2 N–H and O–H groups in total. The average Bonchev–Trinajstić information content (AvgIpc) is 3.12. The van der Waals surface area contributed by atoms with Crippen LogP contribution in [-0.2, 0) is 25.3 Å². The van der Waals surface area contributed by atoms with Gasteiger partial charge in [-0.05, 0) is 0 Å². The summed E-state index contributed by atoms with van der Waals surface area (Å²) in [5.74, 6) is -1.06. The van der Waals surface area contributed by atoms with Gasteiger partial charge in [0, 0.05) is 0 Å². The number of amides is 1. The molecule has 0 bridgehead atoms. The van der Waals surface area contributed by atoms with Crippen molar-refractivity contribution < 1.29 is 28.7 Å². The van der Waals surface area contributed by atoms with E-state index < -0.39 is 65.3 Å². The topological polar surface area (TPSA) is 94.1 Å². The predicted octanol–water partition coefficient (Wildman–Crippen LogP) is 7.98. The van der Waals surface area contributed by atoms with Gasteiger partial charge in [0.25, 0.3) is 0 Å². The van der Waals surface area contributed by atoms with E-state index in [0.29, 0.717) is 0 Å². The Hall–Kier alpha value is -1.26. The van der Waals surface area contributed by atoms with Crippen molar-refractivity contribution in [2.45, 2.75) is 171 Å². The van der Waals surface area contributed by atoms with E-state index >= 15 is 0 Å². The molecule has 1 aromatic carbocycles. The minimum absolute atomic E-state index is 0.174. The van der Waals surface area contributed by atoms with Crippen LogP contribution in [0, 0.1) is 5.41 Å². The van der Waals surface area contributed by atoms with E-state index in [1.807, 2.05) is 20.8 Å². The number of rotatable bonds is 15. The number of hydrogen-bond acceptors (Lipinski definition) is 5. The summed E-state index contributed by atoms with van der Waals surface area (Å²) < 4.78 is 23.7. The molecule has 1 aliphatic rings. The van der Waals surface area contributed by atoms with Crippen LogP contribution in [0.15, 0.2) is 18.2 Å². The van der Waals surface area contributed by atoms with E-state index in [4.69, 9.17) is 14.0 Å². The Morgan fingerprint density at radius 3 is 1.71 bits per heavy atom. The Labute approximate surface area is 279 Å². The molecule has 2 rings (SSSR count). The van der Waals surface area contributed by atoms with Gasteiger partial charge >= 0.3 is 280 Å². The van der Waals surface area contributed by atoms with Crippen molar-refractivity contribution in [3.05, 3.63) is 23.8 Å². The second kappa shape index (κ2) is 15.3. The number of unbranched alkanes of at least 4 members (excludes halogenated alkanes) is 3. The fourth-order valence-corrected chi connectivity index (χ4v) is 23.5. The zero-order valence-corrected chi connectivity index (χ0v) is 33.7. The fourth-order valence-electron chi connectivity index (χ4n) is 6.40. The molecule has 0 saturated carbocycles. The summed E-state index contributed by atoms with van der Waals surface area (Å²) in [5, 5.41) is 13.8. The molecule has 7 nitrogen and oxygen atoms in total.